The molecule has 0 bridgehead atoms. The molecule has 0 aliphatic heterocycles. The van der Waals surface area contributed by atoms with Crippen molar-refractivity contribution in [1.82, 2.24) is 14.7 Å². The minimum absolute atomic E-state index is 0.435. The van der Waals surface area contributed by atoms with Gasteiger partial charge in [-0.25, -0.2) is 0 Å². The second-order valence-corrected chi connectivity index (χ2v) is 7.61. The Balaban J connectivity index is 0.000000758. The second kappa shape index (κ2) is 13.9. The van der Waals surface area contributed by atoms with Crippen molar-refractivity contribution in [2.75, 3.05) is 55.4 Å². The lowest BCUT2D eigenvalue weighted by molar-refractivity contribution is 0.365. The lowest BCUT2D eigenvalue weighted by atomic mass is 10.0. The highest BCUT2D eigenvalue weighted by molar-refractivity contribution is 5.44. The van der Waals surface area contributed by atoms with E-state index in [1.807, 2.05) is 28.2 Å². The van der Waals surface area contributed by atoms with Crippen LogP contribution in [0.4, 0.5) is 0 Å². The van der Waals surface area contributed by atoms with Crippen LogP contribution in [-0.2, 0) is 19.6 Å². The molecule has 1 aromatic rings. The van der Waals surface area contributed by atoms with Crippen molar-refractivity contribution in [2.24, 2.45) is 11.5 Å². The van der Waals surface area contributed by atoms with Gasteiger partial charge in [0.05, 0.1) is 0 Å². The molecule has 6 heteroatoms. The molecule has 152 valence electrons. The number of nitrogens with zero attached hydrogens (tertiary/aromatic N) is 3. The van der Waals surface area contributed by atoms with Crippen molar-refractivity contribution >= 4 is 0 Å². The molecular formula is C20H41N5O. The van der Waals surface area contributed by atoms with Crippen molar-refractivity contribution in [2.45, 2.75) is 38.9 Å². The van der Waals surface area contributed by atoms with Crippen molar-refractivity contribution in [1.29, 1.82) is 0 Å². The fraction of sp³-hybridized carbons (Fsp3) is 0.700. The molecule has 26 heavy (non-hydrogen) atoms. The number of phenolic OH excluding ortho intramolecular Hbond substituents is 1. The third-order valence-electron chi connectivity index (χ3n) is 3.71. The summed E-state index contributed by atoms with van der Waals surface area (Å²) in [7, 11) is 12.2. The maximum Gasteiger partial charge on any atom is 0.124 e. The monoisotopic (exact) mass is 367 g/mol. The zero-order chi connectivity index (χ0) is 20.1. The fourth-order valence-corrected chi connectivity index (χ4v) is 2.68. The summed E-state index contributed by atoms with van der Waals surface area (Å²) < 4.78 is 0. The lowest BCUT2D eigenvalue weighted by Gasteiger charge is -2.19. The Bertz CT molecular complexity index is 454. The standard InChI is InChI=1S/C15H27N3O.C5H14N2/c1-16(2)9-12-7-13(10-17(3)4)15(19)14(8-12)11-18(5)6;6-4-2-1-3-5-7/h7-8,19H,9-11H2,1-6H3;1-7H2. The van der Waals surface area contributed by atoms with Gasteiger partial charge >= 0.3 is 0 Å². The van der Waals surface area contributed by atoms with Gasteiger partial charge in [0.2, 0.25) is 0 Å². The van der Waals surface area contributed by atoms with Crippen molar-refractivity contribution in [3.05, 3.63) is 28.8 Å². The number of benzene rings is 1. The van der Waals surface area contributed by atoms with Gasteiger partial charge in [0.1, 0.15) is 5.75 Å². The van der Waals surface area contributed by atoms with Gasteiger partial charge in [-0.15, -0.1) is 0 Å². The van der Waals surface area contributed by atoms with E-state index < -0.39 is 0 Å². The Hall–Kier alpha value is -1.18. The highest BCUT2D eigenvalue weighted by Crippen LogP contribution is 2.27. The number of aromatic hydroxyl groups is 1. The Morgan fingerprint density at radius 3 is 1.38 bits per heavy atom. The first-order chi connectivity index (χ1) is 12.2. The first-order valence-corrected chi connectivity index (χ1v) is 9.39. The van der Waals surface area contributed by atoms with E-state index in [2.05, 4.69) is 40.9 Å². The number of rotatable bonds is 10. The molecule has 1 aromatic carbocycles. The first kappa shape index (κ1) is 24.8. The highest BCUT2D eigenvalue weighted by Gasteiger charge is 2.12. The van der Waals surface area contributed by atoms with E-state index in [0.717, 1.165) is 56.7 Å². The van der Waals surface area contributed by atoms with E-state index in [1.165, 1.54) is 12.0 Å². The molecule has 1 rings (SSSR count). The molecule has 0 saturated carbocycles. The molecule has 0 saturated heterocycles. The van der Waals surface area contributed by atoms with Crippen LogP contribution in [-0.4, -0.2) is 75.2 Å². The number of phenols is 1. The number of hydrogen-bond donors (Lipinski definition) is 3. The van der Waals surface area contributed by atoms with Gasteiger partial charge in [-0.2, -0.15) is 0 Å². The summed E-state index contributed by atoms with van der Waals surface area (Å²) in [5.41, 5.74) is 13.7. The quantitative estimate of drug-likeness (QED) is 0.546. The number of nitrogens with two attached hydrogens (primary N) is 2. The van der Waals surface area contributed by atoms with E-state index in [1.54, 1.807) is 0 Å². The first-order valence-electron chi connectivity index (χ1n) is 9.39. The molecule has 5 N–H and O–H groups in total. The van der Waals surface area contributed by atoms with E-state index >= 15 is 0 Å². The Morgan fingerprint density at radius 1 is 0.692 bits per heavy atom. The minimum atomic E-state index is 0.435. The van der Waals surface area contributed by atoms with Gasteiger partial charge in [-0.3, -0.25) is 0 Å². The predicted octanol–water partition coefficient (Wildman–Crippen LogP) is 1.65. The molecule has 0 radical (unpaired) electrons. The smallest absolute Gasteiger partial charge is 0.124 e. The van der Waals surface area contributed by atoms with Crippen molar-refractivity contribution in [3.63, 3.8) is 0 Å². The summed E-state index contributed by atoms with van der Waals surface area (Å²) in [4.78, 5) is 6.30. The summed E-state index contributed by atoms with van der Waals surface area (Å²) >= 11 is 0. The molecular weight excluding hydrogens is 326 g/mol. The normalized spacial score (nSPS) is 11.2. The largest absolute Gasteiger partial charge is 0.507 e. The highest BCUT2D eigenvalue weighted by atomic mass is 16.3. The fourth-order valence-electron chi connectivity index (χ4n) is 2.68. The maximum atomic E-state index is 10.4. The van der Waals surface area contributed by atoms with Gasteiger partial charge in [-0.05, 0) is 85.9 Å². The van der Waals surface area contributed by atoms with E-state index in [-0.39, 0.29) is 0 Å². The lowest BCUT2D eigenvalue weighted by Crippen LogP contribution is -2.16. The summed E-state index contributed by atoms with van der Waals surface area (Å²) in [6.07, 6.45) is 3.43. The van der Waals surface area contributed by atoms with Gasteiger partial charge in [0.25, 0.3) is 0 Å². The van der Waals surface area contributed by atoms with Crippen LogP contribution in [0.3, 0.4) is 0 Å². The maximum absolute atomic E-state index is 10.4. The number of hydrogen-bond acceptors (Lipinski definition) is 6. The predicted molar refractivity (Wildman–Crippen MR) is 112 cm³/mol. The number of unbranched alkanes of at least 4 members (excludes halogenated alkanes) is 2. The Kier molecular flexibility index (Phi) is 13.3. The molecule has 0 spiro atoms. The van der Waals surface area contributed by atoms with Crippen LogP contribution < -0.4 is 11.5 Å². The third kappa shape index (κ3) is 11.4. The van der Waals surface area contributed by atoms with Crippen LogP contribution in [0.5, 0.6) is 5.75 Å². The van der Waals surface area contributed by atoms with E-state index in [0.29, 0.717) is 5.75 Å². The van der Waals surface area contributed by atoms with Crippen molar-refractivity contribution < 1.29 is 5.11 Å². The van der Waals surface area contributed by atoms with Crippen LogP contribution in [0.2, 0.25) is 0 Å². The Labute approximate surface area is 160 Å². The molecule has 0 atom stereocenters. The molecule has 6 nitrogen and oxygen atoms in total. The van der Waals surface area contributed by atoms with Crippen LogP contribution in [0.15, 0.2) is 12.1 Å². The molecule has 0 heterocycles. The van der Waals surface area contributed by atoms with Crippen LogP contribution in [0, 0.1) is 0 Å². The summed E-state index contributed by atoms with van der Waals surface area (Å²) in [6, 6.07) is 4.21. The van der Waals surface area contributed by atoms with Gasteiger partial charge in [0.15, 0.2) is 0 Å². The van der Waals surface area contributed by atoms with E-state index in [4.69, 9.17) is 11.5 Å². The van der Waals surface area contributed by atoms with Crippen molar-refractivity contribution in [3.8, 4) is 5.75 Å². The second-order valence-electron chi connectivity index (χ2n) is 7.61. The molecule has 0 aromatic heterocycles. The zero-order valence-electron chi connectivity index (χ0n) is 17.8. The Morgan fingerprint density at radius 2 is 1.08 bits per heavy atom. The van der Waals surface area contributed by atoms with Gasteiger partial charge in [-0.1, -0.05) is 6.42 Å². The summed E-state index contributed by atoms with van der Waals surface area (Å²) in [6.45, 7) is 4.02. The molecule has 0 aliphatic rings. The van der Waals surface area contributed by atoms with Crippen LogP contribution >= 0.6 is 0 Å². The van der Waals surface area contributed by atoms with Gasteiger partial charge in [0, 0.05) is 30.8 Å². The molecule has 0 fully saturated rings. The SMILES string of the molecule is CN(C)Cc1cc(CN(C)C)c(O)c(CN(C)C)c1.NCCCCCN. The molecule has 0 aliphatic carbocycles. The molecule has 0 unspecified atom stereocenters. The van der Waals surface area contributed by atoms with Crippen LogP contribution in [0.1, 0.15) is 36.0 Å². The zero-order valence-corrected chi connectivity index (χ0v) is 17.8. The minimum Gasteiger partial charge on any atom is -0.507 e. The summed E-state index contributed by atoms with van der Waals surface area (Å²) in [5, 5.41) is 10.4. The van der Waals surface area contributed by atoms with Crippen LogP contribution in [0.25, 0.3) is 0 Å². The van der Waals surface area contributed by atoms with E-state index in [9.17, 15) is 5.11 Å². The van der Waals surface area contributed by atoms with Gasteiger partial charge < -0.3 is 31.3 Å². The topological polar surface area (TPSA) is 82.0 Å². The molecule has 0 amide bonds. The average Bonchev–Trinajstić information content (AvgIpc) is 2.51. The average molecular weight is 368 g/mol. The summed E-state index contributed by atoms with van der Waals surface area (Å²) in [5.74, 6) is 0.435. The third-order valence-corrected chi connectivity index (χ3v) is 3.71.